The van der Waals surface area contributed by atoms with Crippen LogP contribution in [-0.2, 0) is 6.54 Å². The summed E-state index contributed by atoms with van der Waals surface area (Å²) in [5.74, 6) is 0.386. The van der Waals surface area contributed by atoms with E-state index < -0.39 is 5.03 Å². The summed E-state index contributed by atoms with van der Waals surface area (Å²) in [5, 5.41) is 14.4. The van der Waals surface area contributed by atoms with Gasteiger partial charge in [-0.2, -0.15) is 0 Å². The van der Waals surface area contributed by atoms with Crippen LogP contribution in [0.25, 0.3) is 0 Å². The smallest absolute Gasteiger partial charge is 0.276 e. The Morgan fingerprint density at radius 3 is 2.78 bits per heavy atom. The third kappa shape index (κ3) is 4.52. The average Bonchev–Trinajstić information content (AvgIpc) is 2.50. The van der Waals surface area contributed by atoms with E-state index in [0.717, 1.165) is 12.0 Å². The maximum atomic E-state index is 11.0. The minimum absolute atomic E-state index is 0.155. The summed E-state index contributed by atoms with van der Waals surface area (Å²) in [7, 11) is 1.98. The summed E-state index contributed by atoms with van der Waals surface area (Å²) in [6.45, 7) is 5.74. The van der Waals surface area contributed by atoms with E-state index in [4.69, 9.17) is 11.6 Å². The maximum absolute atomic E-state index is 11.0. The van der Waals surface area contributed by atoms with Crippen molar-refractivity contribution in [3.63, 3.8) is 0 Å². The molecule has 1 fully saturated rings. The second kappa shape index (κ2) is 7.56. The SMILES string of the molecule is CCC(C)N1CN(C)CN(Cc2ccc(Cl)nc2)/C1=N/[N+](=O)[O-]. The van der Waals surface area contributed by atoms with E-state index >= 15 is 0 Å². The van der Waals surface area contributed by atoms with E-state index in [-0.39, 0.29) is 6.04 Å². The molecular weight excluding hydrogens is 320 g/mol. The highest BCUT2D eigenvalue weighted by molar-refractivity contribution is 6.29. The van der Waals surface area contributed by atoms with Crippen molar-refractivity contribution in [3.05, 3.63) is 39.2 Å². The average molecular weight is 341 g/mol. The predicted molar refractivity (Wildman–Crippen MR) is 88.3 cm³/mol. The molecule has 126 valence electrons. The highest BCUT2D eigenvalue weighted by Gasteiger charge is 2.32. The van der Waals surface area contributed by atoms with Gasteiger partial charge < -0.3 is 9.80 Å². The van der Waals surface area contributed by atoms with E-state index in [0.29, 0.717) is 31.0 Å². The van der Waals surface area contributed by atoms with Gasteiger partial charge in [-0.25, -0.2) is 15.1 Å². The molecule has 0 aliphatic carbocycles. The molecule has 1 atom stereocenters. The number of pyridine rings is 1. The topological polar surface area (TPSA) is 78.1 Å². The molecule has 0 saturated carbocycles. The minimum Gasteiger partial charge on any atom is -0.322 e. The van der Waals surface area contributed by atoms with Gasteiger partial charge in [0.1, 0.15) is 10.3 Å². The van der Waals surface area contributed by atoms with Crippen molar-refractivity contribution < 1.29 is 5.03 Å². The lowest BCUT2D eigenvalue weighted by Crippen LogP contribution is -2.59. The Bertz CT molecular complexity index is 579. The minimum atomic E-state index is -0.636. The number of rotatable bonds is 5. The molecule has 1 aliphatic heterocycles. The third-order valence-electron chi connectivity index (χ3n) is 3.80. The molecule has 23 heavy (non-hydrogen) atoms. The van der Waals surface area contributed by atoms with E-state index in [1.54, 1.807) is 12.3 Å². The molecule has 1 aromatic heterocycles. The zero-order valence-electron chi connectivity index (χ0n) is 13.5. The number of halogens is 1. The van der Waals surface area contributed by atoms with Crippen LogP contribution in [0, 0.1) is 10.1 Å². The second-order valence-electron chi connectivity index (χ2n) is 5.69. The first-order valence-corrected chi connectivity index (χ1v) is 7.82. The molecule has 0 radical (unpaired) electrons. The van der Waals surface area contributed by atoms with Crippen molar-refractivity contribution in [1.29, 1.82) is 0 Å². The van der Waals surface area contributed by atoms with Crippen molar-refractivity contribution in [2.75, 3.05) is 20.4 Å². The van der Waals surface area contributed by atoms with E-state index in [2.05, 4.69) is 21.9 Å². The lowest BCUT2D eigenvalue weighted by molar-refractivity contribution is -0.486. The Labute approximate surface area is 140 Å². The van der Waals surface area contributed by atoms with Gasteiger partial charge in [0.05, 0.1) is 13.3 Å². The molecule has 9 heteroatoms. The van der Waals surface area contributed by atoms with Crippen LogP contribution < -0.4 is 0 Å². The monoisotopic (exact) mass is 340 g/mol. The Morgan fingerprint density at radius 2 is 2.22 bits per heavy atom. The van der Waals surface area contributed by atoms with Gasteiger partial charge in [-0.1, -0.05) is 24.6 Å². The fraction of sp³-hybridized carbons (Fsp3) is 0.571. The highest BCUT2D eigenvalue weighted by atomic mass is 35.5. The standard InChI is InChI=1S/C14H21ClN6O2/c1-4-11(2)20-10-18(3)9-19(14(20)17-21(22)23)8-12-5-6-13(15)16-7-12/h5-7,11H,4,8-10H2,1-3H3/b17-14-. The molecule has 8 nitrogen and oxygen atoms in total. The summed E-state index contributed by atoms with van der Waals surface area (Å²) in [5.41, 5.74) is 0.921. The number of hydrogen-bond donors (Lipinski definition) is 0. The second-order valence-corrected chi connectivity index (χ2v) is 6.08. The maximum Gasteiger partial charge on any atom is 0.276 e. The van der Waals surface area contributed by atoms with Gasteiger partial charge in [0, 0.05) is 18.8 Å². The first-order chi connectivity index (χ1) is 10.9. The largest absolute Gasteiger partial charge is 0.322 e. The Kier molecular flexibility index (Phi) is 5.73. The van der Waals surface area contributed by atoms with Crippen LogP contribution in [0.15, 0.2) is 23.4 Å². The molecule has 0 aromatic carbocycles. The van der Waals surface area contributed by atoms with Crippen molar-refractivity contribution in [2.45, 2.75) is 32.9 Å². The highest BCUT2D eigenvalue weighted by Crippen LogP contribution is 2.18. The van der Waals surface area contributed by atoms with Crippen LogP contribution >= 0.6 is 11.6 Å². The van der Waals surface area contributed by atoms with Gasteiger partial charge in [-0.05, 0) is 32.0 Å². The molecular formula is C14H21ClN6O2. The first-order valence-electron chi connectivity index (χ1n) is 7.44. The zero-order valence-corrected chi connectivity index (χ0v) is 14.3. The molecule has 0 N–H and O–H groups in total. The summed E-state index contributed by atoms with van der Waals surface area (Å²) in [6.07, 6.45) is 2.55. The Morgan fingerprint density at radius 1 is 1.48 bits per heavy atom. The molecule has 0 spiro atoms. The van der Waals surface area contributed by atoms with E-state index in [1.807, 2.05) is 29.8 Å². The van der Waals surface area contributed by atoms with Crippen LogP contribution in [0.5, 0.6) is 0 Å². The van der Waals surface area contributed by atoms with E-state index in [1.165, 1.54) is 0 Å². The van der Waals surface area contributed by atoms with Crippen LogP contribution in [0.1, 0.15) is 25.8 Å². The number of hydrogen-bond acceptors (Lipinski definition) is 4. The number of nitrogens with zero attached hydrogens (tertiary/aromatic N) is 6. The predicted octanol–water partition coefficient (Wildman–Crippen LogP) is 2.05. The molecule has 1 aliphatic rings. The van der Waals surface area contributed by atoms with Crippen molar-refractivity contribution in [1.82, 2.24) is 19.7 Å². The molecule has 0 bridgehead atoms. The fourth-order valence-electron chi connectivity index (χ4n) is 2.50. The number of hydrazone groups is 1. The van der Waals surface area contributed by atoms with Gasteiger partial charge in [0.25, 0.3) is 5.96 Å². The van der Waals surface area contributed by atoms with Crippen LogP contribution in [0.3, 0.4) is 0 Å². The van der Waals surface area contributed by atoms with Crippen molar-refractivity contribution in [2.24, 2.45) is 5.10 Å². The van der Waals surface area contributed by atoms with E-state index in [9.17, 15) is 10.1 Å². The lowest BCUT2D eigenvalue weighted by Gasteiger charge is -2.44. The molecule has 0 amide bonds. The van der Waals surface area contributed by atoms with Crippen molar-refractivity contribution >= 4 is 17.6 Å². The normalized spacial score (nSPS) is 19.2. The van der Waals surface area contributed by atoms with Gasteiger partial charge in [-0.15, -0.1) is 0 Å². The summed E-state index contributed by atoms with van der Waals surface area (Å²) in [4.78, 5) is 21.0. The number of guanidine groups is 1. The Balaban J connectivity index is 2.29. The Hall–Kier alpha value is -1.93. The van der Waals surface area contributed by atoms with Crippen LogP contribution in [0.4, 0.5) is 0 Å². The first kappa shape index (κ1) is 17.4. The lowest BCUT2D eigenvalue weighted by atomic mass is 10.2. The number of aromatic nitrogens is 1. The molecule has 1 aromatic rings. The molecule has 1 unspecified atom stereocenters. The number of nitro groups is 1. The van der Waals surface area contributed by atoms with Gasteiger partial charge in [0.2, 0.25) is 0 Å². The fourth-order valence-corrected chi connectivity index (χ4v) is 2.61. The summed E-state index contributed by atoms with van der Waals surface area (Å²) < 4.78 is 0. The van der Waals surface area contributed by atoms with Gasteiger partial charge in [0.15, 0.2) is 5.03 Å². The van der Waals surface area contributed by atoms with Gasteiger partial charge in [-0.3, -0.25) is 4.90 Å². The van der Waals surface area contributed by atoms with Crippen LogP contribution in [-0.4, -0.2) is 57.1 Å². The molecule has 1 saturated heterocycles. The van der Waals surface area contributed by atoms with Gasteiger partial charge >= 0.3 is 0 Å². The zero-order chi connectivity index (χ0) is 17.0. The summed E-state index contributed by atoms with van der Waals surface area (Å²) >= 11 is 5.80. The van der Waals surface area contributed by atoms with Crippen LogP contribution in [0.2, 0.25) is 5.15 Å². The molecule has 2 rings (SSSR count). The summed E-state index contributed by atoms with van der Waals surface area (Å²) in [6, 6.07) is 3.73. The third-order valence-corrected chi connectivity index (χ3v) is 4.03. The quantitative estimate of drug-likeness (QED) is 0.464. The van der Waals surface area contributed by atoms with Crippen molar-refractivity contribution in [3.8, 4) is 0 Å². The molecule has 2 heterocycles.